The third kappa shape index (κ3) is 20.6. The first-order valence-corrected chi connectivity index (χ1v) is 46.8. The minimum absolute atomic E-state index is 0.0633. The molecule has 732 valence electrons. The molecule has 6 aliphatic rings. The topological polar surface area (TPSA) is 675 Å². The fraction of sp³-hybridized carbons (Fsp3) is 0.592. The Morgan fingerprint density at radius 3 is 1.26 bits per heavy atom. The molecule has 58 heteroatoms. The standard InChI is InChI=1S/C15H21FN4O3.2C13H18FN5O.C13H17FN4O.C11H14FN5O3.C11H16FN4O13P3/c1-5-10-8(3)12(16)15(21,23-10)11-7-17-13-14(22-6-2)18-9(4)19-20(11)13;2*1-4-9-6(2)10(14)11(20-9)8-5-16-13-12(15)17-7(3)18-19(8)13;1-3-10-7(2)11(14)12(19-10)9-6-16-13-8(15)4-5-17-18(9)13;1-4-15-10(13)11-14-2-5(17(11)16-4)9-7(12)8(19)6(3-18)20-9;1-4-14-11(18)10-13-2-5(16(10)15-4)9-7(12)8(17)6(27-9)3-26-31(22,23)29-32(24,25)28-30(19,20)21/h7-8,10,12,21H,5-6H2,1-4H3;2*5-6,9-11H,4H2,1-3H3,(H2,15,17,18);4-7,10-12H,3,15H2,1-2H3;2,6-9,18-19H,3H2,1H3,(H2,13,15,16);2,6-9,17H,3H2,1H3,(H,22,23)(H,24,25)(H,14,15,18)(H2,19,20,21)/t8-,10-,12-,15+;2*6-,9-,10-,11+;7-,10-,11-,12+;2*6-,7-,8-,9+/m111111/s1. The minimum atomic E-state index is -5.74. The van der Waals surface area contributed by atoms with E-state index in [-0.39, 0.29) is 82.5 Å². The Balaban J connectivity index is 0.000000138. The van der Waals surface area contributed by atoms with E-state index in [0.717, 1.165) is 30.0 Å². The van der Waals surface area contributed by atoms with Crippen LogP contribution in [0.5, 0.6) is 5.88 Å². The number of ether oxygens (including phenoxy) is 7. The third-order valence-corrected chi connectivity index (χ3v) is 27.0. The van der Waals surface area contributed by atoms with E-state index in [1.807, 2.05) is 55.4 Å². The number of nitrogens with zero attached hydrogens (tertiary/aromatic N) is 22. The molecule has 26 atom stereocenters. The Kier molecular flexibility index (Phi) is 30.6. The molecular formula is C76H104F6N27O22P3. The number of imidazole rings is 6. The first kappa shape index (κ1) is 101. The second-order valence-corrected chi connectivity index (χ2v) is 36.8. The van der Waals surface area contributed by atoms with E-state index in [4.69, 9.17) is 75.9 Å². The van der Waals surface area contributed by atoms with Gasteiger partial charge in [0, 0.05) is 23.7 Å². The molecular weight excluding hydrogens is 1850 g/mol. The van der Waals surface area contributed by atoms with Crippen LogP contribution in [-0.4, -0.2) is 258 Å². The summed E-state index contributed by atoms with van der Waals surface area (Å²) in [4.78, 5) is 90.7. The molecule has 0 aliphatic carbocycles. The Labute approximate surface area is 756 Å². The molecule has 18 rings (SSSR count). The zero-order valence-corrected chi connectivity index (χ0v) is 77.1. The van der Waals surface area contributed by atoms with Crippen molar-refractivity contribution in [2.24, 2.45) is 23.7 Å². The van der Waals surface area contributed by atoms with Crippen LogP contribution in [0.25, 0.3) is 33.9 Å². The second-order valence-electron chi connectivity index (χ2n) is 32.4. The number of nitrogens with one attached hydrogen (secondary N) is 1. The highest BCUT2D eigenvalue weighted by Gasteiger charge is 2.57. The van der Waals surface area contributed by atoms with Crippen molar-refractivity contribution in [2.75, 3.05) is 42.8 Å². The number of H-pyrrole nitrogens is 1. The van der Waals surface area contributed by atoms with Crippen molar-refractivity contribution in [1.82, 2.24) is 113 Å². The monoisotopic (exact) mass is 1950 g/mol. The van der Waals surface area contributed by atoms with Gasteiger partial charge in [0.2, 0.25) is 17.1 Å². The maximum Gasteiger partial charge on any atom is 0.490 e. The van der Waals surface area contributed by atoms with Gasteiger partial charge in [-0.3, -0.25) is 9.32 Å². The summed E-state index contributed by atoms with van der Waals surface area (Å²) >= 11 is 0. The number of nitrogens with two attached hydrogens (primary N) is 4. The predicted molar refractivity (Wildman–Crippen MR) is 455 cm³/mol. The van der Waals surface area contributed by atoms with Crippen molar-refractivity contribution < 1.29 is 126 Å². The molecule has 2 unspecified atom stereocenters. The first-order chi connectivity index (χ1) is 63.2. The summed E-state index contributed by atoms with van der Waals surface area (Å²) in [7, 11) is -16.8. The fourth-order valence-electron chi connectivity index (χ4n) is 16.4. The normalized spacial score (nSPS) is 29.9. The number of aliphatic hydroxyl groups is 4. The van der Waals surface area contributed by atoms with Crippen LogP contribution >= 0.6 is 23.5 Å². The number of halogens is 6. The van der Waals surface area contributed by atoms with Crippen LogP contribution in [0.3, 0.4) is 0 Å². The summed E-state index contributed by atoms with van der Waals surface area (Å²) in [5.74, 6) is 0.168. The molecule has 6 aliphatic heterocycles. The number of fused-ring (bicyclic) bond motifs is 6. The molecule has 12 aromatic rings. The number of hydrogen-bond acceptors (Lipinski definition) is 38. The van der Waals surface area contributed by atoms with Gasteiger partial charge in [0.05, 0.1) is 122 Å². The lowest BCUT2D eigenvalue weighted by Gasteiger charge is -2.24. The van der Waals surface area contributed by atoms with Gasteiger partial charge in [0.1, 0.15) is 108 Å². The quantitative estimate of drug-likeness (QED) is 0.0311. The van der Waals surface area contributed by atoms with Crippen LogP contribution in [0.2, 0.25) is 0 Å². The average molecular weight is 1950 g/mol. The fourth-order valence-corrected chi connectivity index (χ4v) is 19.5. The molecule has 0 spiro atoms. The number of nitrogen functional groups attached to an aromatic ring is 4. The van der Waals surface area contributed by atoms with Crippen LogP contribution in [0, 0.1) is 58.3 Å². The summed E-state index contributed by atoms with van der Waals surface area (Å²) in [5, 5.41) is 64.7. The van der Waals surface area contributed by atoms with Gasteiger partial charge in [-0.15, -0.1) is 0 Å². The Morgan fingerprint density at radius 2 is 0.851 bits per heavy atom. The number of aryl methyl sites for hydroxylation is 5. The van der Waals surface area contributed by atoms with Gasteiger partial charge in [-0.1, -0.05) is 55.4 Å². The highest BCUT2D eigenvalue weighted by atomic mass is 31.3. The molecule has 49 nitrogen and oxygen atoms in total. The maximum atomic E-state index is 14.8. The highest BCUT2D eigenvalue weighted by molar-refractivity contribution is 7.66. The van der Waals surface area contributed by atoms with Crippen molar-refractivity contribution in [3.63, 3.8) is 0 Å². The Morgan fingerprint density at radius 1 is 0.470 bits per heavy atom. The largest absolute Gasteiger partial charge is 0.490 e. The van der Waals surface area contributed by atoms with Gasteiger partial charge < -0.3 is 101 Å². The lowest BCUT2D eigenvalue weighted by atomic mass is 9.95. The van der Waals surface area contributed by atoms with E-state index in [9.17, 15) is 65.0 Å². The number of alkyl halides is 6. The van der Waals surface area contributed by atoms with E-state index in [1.165, 1.54) is 28.3 Å². The number of aromatic nitrogens is 23. The molecule has 0 amide bonds. The van der Waals surface area contributed by atoms with E-state index < -0.39 is 146 Å². The van der Waals surface area contributed by atoms with Crippen molar-refractivity contribution in [3.05, 3.63) is 123 Å². The summed E-state index contributed by atoms with van der Waals surface area (Å²) < 4.78 is 179. The number of anilines is 4. The van der Waals surface area contributed by atoms with Crippen molar-refractivity contribution >= 4 is 80.5 Å². The highest BCUT2D eigenvalue weighted by Crippen LogP contribution is 2.66. The number of phosphoric ester groups is 1. The lowest BCUT2D eigenvalue weighted by molar-refractivity contribution is -0.227. The number of aromatic amines is 1. The number of phosphoric acid groups is 3. The zero-order valence-electron chi connectivity index (χ0n) is 74.4. The van der Waals surface area contributed by atoms with Crippen LogP contribution in [0.4, 0.5) is 49.5 Å². The lowest BCUT2D eigenvalue weighted by Crippen LogP contribution is -2.37. The molecule has 17 N–H and O–H groups in total. The molecule has 0 aromatic carbocycles. The van der Waals surface area contributed by atoms with Gasteiger partial charge in [-0.05, 0) is 73.3 Å². The summed E-state index contributed by atoms with van der Waals surface area (Å²) in [6.45, 7) is 24.2. The number of rotatable bonds is 20. The van der Waals surface area contributed by atoms with E-state index >= 15 is 0 Å². The molecule has 0 radical (unpaired) electrons. The van der Waals surface area contributed by atoms with E-state index in [2.05, 4.69) is 98.6 Å². The van der Waals surface area contributed by atoms with E-state index in [1.54, 1.807) is 79.0 Å². The molecule has 18 heterocycles. The third-order valence-electron chi connectivity index (χ3n) is 23.2. The Bertz CT molecular complexity index is 6140. The van der Waals surface area contributed by atoms with Crippen molar-refractivity contribution in [3.8, 4) is 5.88 Å². The first-order valence-electron chi connectivity index (χ1n) is 42.3. The summed E-state index contributed by atoms with van der Waals surface area (Å²) in [5.41, 5.74) is 27.1. The van der Waals surface area contributed by atoms with Crippen LogP contribution in [0.15, 0.2) is 54.2 Å². The van der Waals surface area contributed by atoms with Crippen LogP contribution < -0.4 is 33.2 Å². The molecule has 134 heavy (non-hydrogen) atoms. The van der Waals surface area contributed by atoms with E-state index in [0.29, 0.717) is 98.9 Å². The minimum Gasteiger partial charge on any atom is -0.475 e. The van der Waals surface area contributed by atoms with Crippen LogP contribution in [-0.2, 0) is 61.0 Å². The number of aliphatic hydroxyl groups excluding tert-OH is 3. The maximum absolute atomic E-state index is 14.8. The van der Waals surface area contributed by atoms with Gasteiger partial charge in [-0.2, -0.15) is 44.2 Å². The second kappa shape index (κ2) is 40.6. The smallest absolute Gasteiger partial charge is 0.475 e. The number of hydrogen-bond donors (Lipinski definition) is 13. The summed E-state index contributed by atoms with van der Waals surface area (Å²) in [6.07, 6.45) is -6.50. The molecule has 6 fully saturated rings. The van der Waals surface area contributed by atoms with Gasteiger partial charge >= 0.3 is 23.5 Å². The molecule has 12 aromatic heterocycles. The molecule has 6 saturated heterocycles. The van der Waals surface area contributed by atoms with Gasteiger partial charge in [0.15, 0.2) is 58.6 Å². The van der Waals surface area contributed by atoms with Gasteiger partial charge in [-0.25, -0.2) is 112 Å². The average Bonchev–Trinajstić information content (AvgIpc) is 1.58. The zero-order chi connectivity index (χ0) is 97.7. The predicted octanol–water partition coefficient (Wildman–Crippen LogP) is 5.93. The van der Waals surface area contributed by atoms with Crippen molar-refractivity contribution in [1.29, 1.82) is 0 Å². The Hall–Kier alpha value is -10.2. The van der Waals surface area contributed by atoms with Crippen molar-refractivity contribution in [2.45, 2.75) is 245 Å². The van der Waals surface area contributed by atoms with Gasteiger partial charge in [0.25, 0.3) is 11.4 Å². The summed E-state index contributed by atoms with van der Waals surface area (Å²) in [6, 6.07) is 1.67. The SMILES string of the molecule is CCOc1nc(C)nn2c([C@]3(O)O[C@H](CC)[C@@H](C)[C@H]3F)cnc12.CC[C@H]1O[C@@H](c2cnc3c(N)ccnn23)[C@H](F)[C@@H]1C.CC[C@H]1O[C@@H](c2cnc3c(N)nc(C)nn23)[C@H](F)[C@@H]1C.CC[C@H]1O[C@@H](c2cnc3c(N)nc(C)nn23)[C@H](F)[C@@H]1C.Cc1nc(N)c2ncc([C@@H]3O[C@H](CO)[C@@H](O)[C@H]3F)n2n1.Cc1nn2c([C@@H]3O[C@H](COP(=O)(O)OP(=O)(O)OP(=O)(O)O)[C@@H](O)[C@H]3F)cnc2c(=O)[nH]1. The van der Waals surface area contributed by atoms with Crippen LogP contribution in [0.1, 0.15) is 182 Å². The molecule has 0 saturated carbocycles. The molecule has 0 bridgehead atoms.